The summed E-state index contributed by atoms with van der Waals surface area (Å²) in [5.74, 6) is 1.08. The average molecular weight is 201 g/mol. The fourth-order valence-electron chi connectivity index (χ4n) is 2.21. The largest absolute Gasteiger partial charge is 0.481 e. The van der Waals surface area contributed by atoms with Crippen molar-refractivity contribution in [2.45, 2.75) is 18.9 Å². The number of carbonyl (C=O) groups is 1. The van der Waals surface area contributed by atoms with Crippen LogP contribution in [0.4, 0.5) is 0 Å². The van der Waals surface area contributed by atoms with E-state index in [1.807, 2.05) is 0 Å². The van der Waals surface area contributed by atoms with E-state index in [0.29, 0.717) is 6.04 Å². The van der Waals surface area contributed by atoms with Crippen LogP contribution in [0.3, 0.4) is 0 Å². The molecule has 0 aromatic rings. The number of carboxylic acid groups (broad SMARTS) is 1. The number of nitrogens with zero attached hydrogens (tertiary/aromatic N) is 1. The number of carboxylic acids is 1. The minimum absolute atomic E-state index is 0.122. The molecular formula is C9H15NO2S. The average Bonchev–Trinajstić information content (AvgIpc) is 2.74. The molecule has 2 rings (SSSR count). The summed E-state index contributed by atoms with van der Waals surface area (Å²) in [4.78, 5) is 13.3. The summed E-state index contributed by atoms with van der Waals surface area (Å²) < 4.78 is 0. The van der Waals surface area contributed by atoms with Gasteiger partial charge in [0, 0.05) is 17.5 Å². The second kappa shape index (κ2) is 3.88. The molecule has 0 saturated carbocycles. The Morgan fingerprint density at radius 2 is 2.00 bits per heavy atom. The van der Waals surface area contributed by atoms with Crippen molar-refractivity contribution >= 4 is 17.7 Å². The van der Waals surface area contributed by atoms with E-state index in [2.05, 4.69) is 4.90 Å². The third kappa shape index (κ3) is 1.83. The second-order valence-corrected chi connectivity index (χ2v) is 4.87. The minimum Gasteiger partial charge on any atom is -0.481 e. The molecule has 2 saturated heterocycles. The van der Waals surface area contributed by atoms with E-state index in [9.17, 15) is 4.79 Å². The lowest BCUT2D eigenvalue weighted by Crippen LogP contribution is -2.41. The Hall–Kier alpha value is -0.220. The molecular weight excluding hydrogens is 186 g/mol. The maximum Gasteiger partial charge on any atom is 0.308 e. The van der Waals surface area contributed by atoms with E-state index in [0.717, 1.165) is 24.6 Å². The van der Waals surface area contributed by atoms with Crippen LogP contribution in [0.15, 0.2) is 0 Å². The zero-order valence-corrected chi connectivity index (χ0v) is 8.42. The zero-order valence-electron chi connectivity index (χ0n) is 7.61. The molecule has 0 amide bonds. The third-order valence-electron chi connectivity index (χ3n) is 2.98. The first-order chi connectivity index (χ1) is 6.29. The normalized spacial score (nSPS) is 35.4. The van der Waals surface area contributed by atoms with E-state index < -0.39 is 5.97 Å². The second-order valence-electron chi connectivity index (χ2n) is 3.79. The van der Waals surface area contributed by atoms with E-state index in [4.69, 9.17) is 5.11 Å². The summed E-state index contributed by atoms with van der Waals surface area (Å²) in [6.07, 6.45) is 2.49. The number of likely N-dealkylation sites (tertiary alicyclic amines) is 1. The minimum atomic E-state index is -0.609. The van der Waals surface area contributed by atoms with E-state index in [1.54, 1.807) is 11.8 Å². The molecule has 0 bridgehead atoms. The molecule has 1 N–H and O–H groups in total. The molecule has 74 valence electrons. The topological polar surface area (TPSA) is 40.5 Å². The molecule has 4 heteroatoms. The van der Waals surface area contributed by atoms with E-state index >= 15 is 0 Å². The van der Waals surface area contributed by atoms with Crippen LogP contribution in [0.5, 0.6) is 0 Å². The maximum absolute atomic E-state index is 10.9. The fourth-order valence-corrected chi connectivity index (χ4v) is 3.65. The van der Waals surface area contributed by atoms with Crippen LogP contribution in [0.25, 0.3) is 0 Å². The molecule has 0 aromatic heterocycles. The van der Waals surface area contributed by atoms with Crippen LogP contribution >= 0.6 is 11.8 Å². The number of hydrogen-bond donors (Lipinski definition) is 1. The Kier molecular flexibility index (Phi) is 2.79. The van der Waals surface area contributed by atoms with E-state index in [1.165, 1.54) is 12.8 Å². The van der Waals surface area contributed by atoms with Gasteiger partial charge in [0.05, 0.1) is 5.92 Å². The van der Waals surface area contributed by atoms with Crippen LogP contribution in [0.1, 0.15) is 12.8 Å². The van der Waals surface area contributed by atoms with Gasteiger partial charge in [0.2, 0.25) is 0 Å². The molecule has 0 radical (unpaired) electrons. The molecule has 0 aliphatic carbocycles. The molecule has 2 atom stereocenters. The van der Waals surface area contributed by atoms with Crippen molar-refractivity contribution in [1.82, 2.24) is 4.90 Å². The van der Waals surface area contributed by atoms with Gasteiger partial charge in [0.1, 0.15) is 0 Å². The summed E-state index contributed by atoms with van der Waals surface area (Å²) in [6, 6.07) is 0.310. The van der Waals surface area contributed by atoms with Crippen molar-refractivity contribution in [3.63, 3.8) is 0 Å². The van der Waals surface area contributed by atoms with Gasteiger partial charge in [0.25, 0.3) is 0 Å². The van der Waals surface area contributed by atoms with Crippen molar-refractivity contribution in [3.8, 4) is 0 Å². The van der Waals surface area contributed by atoms with Crippen LogP contribution in [-0.2, 0) is 4.79 Å². The molecule has 3 nitrogen and oxygen atoms in total. The van der Waals surface area contributed by atoms with Gasteiger partial charge >= 0.3 is 5.97 Å². The molecule has 2 aliphatic rings. The Labute approximate surface area is 82.5 Å². The van der Waals surface area contributed by atoms with Crippen LogP contribution in [0, 0.1) is 5.92 Å². The molecule has 13 heavy (non-hydrogen) atoms. The lowest BCUT2D eigenvalue weighted by atomic mass is 10.0. The van der Waals surface area contributed by atoms with Crippen LogP contribution in [-0.4, -0.2) is 46.6 Å². The number of thioether (sulfide) groups is 1. The smallest absolute Gasteiger partial charge is 0.308 e. The highest BCUT2D eigenvalue weighted by Gasteiger charge is 2.37. The first-order valence-electron chi connectivity index (χ1n) is 4.83. The lowest BCUT2D eigenvalue weighted by Gasteiger charge is -2.25. The quantitative estimate of drug-likeness (QED) is 0.720. The van der Waals surface area contributed by atoms with Gasteiger partial charge in [-0.1, -0.05) is 0 Å². The number of rotatable bonds is 2. The Bertz CT molecular complexity index is 204. The van der Waals surface area contributed by atoms with Crippen LogP contribution in [0.2, 0.25) is 0 Å². The summed E-state index contributed by atoms with van der Waals surface area (Å²) in [5, 5.41) is 9.00. The lowest BCUT2D eigenvalue weighted by molar-refractivity contribution is -0.142. The SMILES string of the molecule is O=C(O)C1CSCC1N1CCCC1. The predicted octanol–water partition coefficient (Wildman–Crippen LogP) is 0.898. The Morgan fingerprint density at radius 1 is 1.31 bits per heavy atom. The van der Waals surface area contributed by atoms with Gasteiger partial charge in [-0.15, -0.1) is 0 Å². The standard InChI is InChI=1S/C9H15NO2S/c11-9(12)7-5-13-6-8(7)10-3-1-2-4-10/h7-8H,1-6H2,(H,11,12). The fraction of sp³-hybridized carbons (Fsp3) is 0.889. The summed E-state index contributed by atoms with van der Waals surface area (Å²) in [7, 11) is 0. The molecule has 2 aliphatic heterocycles. The van der Waals surface area contributed by atoms with Gasteiger partial charge in [-0.3, -0.25) is 9.69 Å². The van der Waals surface area contributed by atoms with Gasteiger partial charge in [-0.2, -0.15) is 11.8 Å². The highest BCUT2D eigenvalue weighted by Crippen LogP contribution is 2.30. The Morgan fingerprint density at radius 3 is 2.62 bits per heavy atom. The number of aliphatic carboxylic acids is 1. The van der Waals surface area contributed by atoms with Crippen molar-refractivity contribution in [3.05, 3.63) is 0 Å². The molecule has 2 unspecified atom stereocenters. The van der Waals surface area contributed by atoms with Gasteiger partial charge in [0.15, 0.2) is 0 Å². The van der Waals surface area contributed by atoms with Gasteiger partial charge in [-0.05, 0) is 25.9 Å². The van der Waals surface area contributed by atoms with Crippen molar-refractivity contribution < 1.29 is 9.90 Å². The van der Waals surface area contributed by atoms with Crippen molar-refractivity contribution in [1.29, 1.82) is 0 Å². The first kappa shape index (κ1) is 9.34. The predicted molar refractivity (Wildman–Crippen MR) is 53.0 cm³/mol. The summed E-state index contributed by atoms with van der Waals surface area (Å²) in [5.41, 5.74) is 0. The van der Waals surface area contributed by atoms with Crippen molar-refractivity contribution in [2.24, 2.45) is 5.92 Å². The zero-order chi connectivity index (χ0) is 9.26. The monoisotopic (exact) mass is 201 g/mol. The van der Waals surface area contributed by atoms with E-state index in [-0.39, 0.29) is 5.92 Å². The first-order valence-corrected chi connectivity index (χ1v) is 5.99. The molecule has 0 aromatic carbocycles. The highest BCUT2D eigenvalue weighted by molar-refractivity contribution is 7.99. The highest BCUT2D eigenvalue weighted by atomic mass is 32.2. The third-order valence-corrected chi connectivity index (χ3v) is 4.15. The number of hydrogen-bond acceptors (Lipinski definition) is 3. The van der Waals surface area contributed by atoms with Gasteiger partial charge in [-0.25, -0.2) is 0 Å². The van der Waals surface area contributed by atoms with Gasteiger partial charge < -0.3 is 5.11 Å². The summed E-state index contributed by atoms with van der Waals surface area (Å²) >= 11 is 1.78. The van der Waals surface area contributed by atoms with Crippen molar-refractivity contribution in [2.75, 3.05) is 24.6 Å². The maximum atomic E-state index is 10.9. The molecule has 2 fully saturated rings. The molecule has 2 heterocycles. The Balaban J connectivity index is 2.00. The summed E-state index contributed by atoms with van der Waals surface area (Å²) in [6.45, 7) is 2.21. The molecule has 0 spiro atoms. The van der Waals surface area contributed by atoms with Crippen LogP contribution < -0.4 is 0 Å².